The van der Waals surface area contributed by atoms with Gasteiger partial charge in [-0.3, -0.25) is 4.79 Å². The maximum absolute atomic E-state index is 13.4. The Hall–Kier alpha value is -3.92. The molecule has 9 nitrogen and oxygen atoms in total. The van der Waals surface area contributed by atoms with Gasteiger partial charge in [0.1, 0.15) is 24.4 Å². The molecule has 1 aliphatic carbocycles. The van der Waals surface area contributed by atoms with E-state index in [0.717, 1.165) is 90.8 Å². The normalized spacial score (nSPS) is 14.6. The Kier molecular flexibility index (Phi) is 12.8. The van der Waals surface area contributed by atoms with Crippen LogP contribution in [-0.2, 0) is 14.2 Å². The molecule has 50 heavy (non-hydrogen) atoms. The molecule has 0 radical (unpaired) electrons. The van der Waals surface area contributed by atoms with Gasteiger partial charge in [0, 0.05) is 84.9 Å². The first-order chi connectivity index (χ1) is 24.6. The van der Waals surface area contributed by atoms with Gasteiger partial charge in [0.25, 0.3) is 5.91 Å². The summed E-state index contributed by atoms with van der Waals surface area (Å²) in [4.78, 5) is 29.0. The van der Waals surface area contributed by atoms with Gasteiger partial charge in [-0.25, -0.2) is 9.37 Å². The van der Waals surface area contributed by atoms with E-state index >= 15 is 0 Å². The maximum atomic E-state index is 13.4. The molecule has 0 atom stereocenters. The zero-order valence-electron chi connectivity index (χ0n) is 29.1. The van der Waals surface area contributed by atoms with E-state index in [0.29, 0.717) is 55.5 Å². The number of carbonyl (C=O) groups excluding carboxylic acids is 2. The minimum Gasteiger partial charge on any atom is -0.465 e. The molecule has 6 rings (SSSR count). The first-order valence-corrected chi connectivity index (χ1v) is 18.7. The molecule has 2 fully saturated rings. The number of hydrogen-bond acceptors (Lipinski definition) is 7. The van der Waals surface area contributed by atoms with Crippen molar-refractivity contribution in [3.8, 4) is 22.5 Å². The molecule has 1 amide bonds. The molecule has 4 aliphatic rings. The molecule has 0 saturated carbocycles. The minimum absolute atomic E-state index is 0.249. The SMILES string of the molecule is COC(=O)c1ccc(C(=O)NCCOCCOCCCCCCCl)cc1-c1c2ccc(=[N+]3CCCC3)cc-2oc2cc(N3CCCC3)ccc12. The first-order valence-electron chi connectivity index (χ1n) is 18.1. The molecular weight excluding hydrogens is 654 g/mol. The standard InChI is InChI=1S/C40H48ClN3O6/c1-47-40(46)32-13-10-29(39(45)42-17-23-49-25-24-48-22-9-3-2-4-16-41)26-35(32)38-33-14-11-30(43-18-5-6-19-43)27-36(33)50-37-28-31(12-15-34(37)38)44-20-7-8-21-44/h10-15,26-28H,2-9,16-25H2,1H3/p+1. The van der Waals surface area contributed by atoms with Gasteiger partial charge in [-0.05, 0) is 67.6 Å². The van der Waals surface area contributed by atoms with Crippen LogP contribution < -0.4 is 20.1 Å². The molecule has 0 spiro atoms. The van der Waals surface area contributed by atoms with E-state index in [2.05, 4.69) is 51.2 Å². The fourth-order valence-electron chi connectivity index (χ4n) is 6.99. The van der Waals surface area contributed by atoms with E-state index in [1.165, 1.54) is 32.8 Å². The number of unbranched alkanes of at least 4 members (excludes halogenated alkanes) is 3. The number of hydrogen-bond donors (Lipinski definition) is 1. The van der Waals surface area contributed by atoms with Crippen LogP contribution in [0.5, 0.6) is 0 Å². The van der Waals surface area contributed by atoms with Crippen LogP contribution >= 0.6 is 11.6 Å². The lowest BCUT2D eigenvalue weighted by atomic mass is 9.89. The van der Waals surface area contributed by atoms with Gasteiger partial charge in [-0.15, -0.1) is 11.6 Å². The molecule has 0 unspecified atom stereocenters. The van der Waals surface area contributed by atoms with Crippen molar-refractivity contribution in [2.45, 2.75) is 51.4 Å². The molecule has 2 saturated heterocycles. The highest BCUT2D eigenvalue weighted by atomic mass is 35.5. The van der Waals surface area contributed by atoms with Crippen LogP contribution in [-0.4, -0.2) is 84.0 Å². The lowest BCUT2D eigenvalue weighted by Crippen LogP contribution is -2.28. The zero-order valence-corrected chi connectivity index (χ0v) is 29.9. The first kappa shape index (κ1) is 35.9. The maximum Gasteiger partial charge on any atom is 0.338 e. The number of benzene rings is 3. The molecule has 1 N–H and O–H groups in total. The highest BCUT2D eigenvalue weighted by Gasteiger charge is 2.25. The fraction of sp³-hybridized carbons (Fsp3) is 0.475. The van der Waals surface area contributed by atoms with Crippen molar-refractivity contribution in [1.29, 1.82) is 0 Å². The molecule has 2 aromatic carbocycles. The van der Waals surface area contributed by atoms with Crippen molar-refractivity contribution in [2.24, 2.45) is 0 Å². The molecule has 2 aromatic rings. The van der Waals surface area contributed by atoms with Crippen LogP contribution in [0.25, 0.3) is 33.4 Å². The summed E-state index contributed by atoms with van der Waals surface area (Å²) >= 11 is 5.72. The van der Waals surface area contributed by atoms with Gasteiger partial charge >= 0.3 is 5.97 Å². The fourth-order valence-corrected chi connectivity index (χ4v) is 7.18. The summed E-state index contributed by atoms with van der Waals surface area (Å²) in [6.45, 7) is 6.48. The van der Waals surface area contributed by atoms with Crippen LogP contribution in [0.4, 0.5) is 5.69 Å². The monoisotopic (exact) mass is 702 g/mol. The Morgan fingerprint density at radius 2 is 1.62 bits per heavy atom. The topological polar surface area (TPSA) is 93.3 Å². The smallest absolute Gasteiger partial charge is 0.338 e. The number of alkyl halides is 1. The number of fused-ring (bicyclic) bond motifs is 2. The predicted octanol–water partition coefficient (Wildman–Crippen LogP) is 6.72. The number of carbonyl (C=O) groups is 2. The van der Waals surface area contributed by atoms with Gasteiger partial charge in [0.2, 0.25) is 5.36 Å². The summed E-state index contributed by atoms with van der Waals surface area (Å²) in [6, 6.07) is 17.8. The zero-order chi connectivity index (χ0) is 34.7. The Balaban J connectivity index is 1.26. The second-order valence-electron chi connectivity index (χ2n) is 13.1. The van der Waals surface area contributed by atoms with Crippen LogP contribution in [0.15, 0.2) is 59.0 Å². The Morgan fingerprint density at radius 3 is 2.40 bits per heavy atom. The summed E-state index contributed by atoms with van der Waals surface area (Å²) in [6.07, 6.45) is 9.00. The van der Waals surface area contributed by atoms with Crippen molar-refractivity contribution in [1.82, 2.24) is 9.89 Å². The number of anilines is 1. The molecule has 3 heterocycles. The average molecular weight is 703 g/mol. The quantitative estimate of drug-likeness (QED) is 0.0456. The van der Waals surface area contributed by atoms with Crippen LogP contribution in [0.1, 0.15) is 72.1 Å². The highest BCUT2D eigenvalue weighted by molar-refractivity contribution is 6.17. The number of halogens is 1. The molecule has 0 aromatic heterocycles. The number of amides is 1. The third-order valence-electron chi connectivity index (χ3n) is 9.66. The summed E-state index contributed by atoms with van der Waals surface area (Å²) in [7, 11) is 1.38. The van der Waals surface area contributed by atoms with Gasteiger partial charge in [-0.2, -0.15) is 0 Å². The van der Waals surface area contributed by atoms with Crippen LogP contribution in [0, 0.1) is 0 Å². The summed E-state index contributed by atoms with van der Waals surface area (Å²) in [5.74, 6) is 0.722. The second-order valence-corrected chi connectivity index (χ2v) is 13.4. The molecule has 10 heteroatoms. The third-order valence-corrected chi connectivity index (χ3v) is 9.93. The second kappa shape index (κ2) is 17.8. The number of nitrogens with one attached hydrogen (secondary N) is 1. The number of esters is 1. The van der Waals surface area contributed by atoms with Crippen molar-refractivity contribution in [2.75, 3.05) is 77.0 Å². The average Bonchev–Trinajstić information content (AvgIpc) is 3.89. The van der Waals surface area contributed by atoms with E-state index in [1.54, 1.807) is 18.2 Å². The van der Waals surface area contributed by atoms with Gasteiger partial charge < -0.3 is 28.8 Å². The lowest BCUT2D eigenvalue weighted by molar-refractivity contribution is 0.0468. The summed E-state index contributed by atoms with van der Waals surface area (Å²) in [5.41, 5.74) is 4.99. The number of methoxy groups -OCH3 is 1. The number of rotatable bonds is 16. The van der Waals surface area contributed by atoms with Gasteiger partial charge in [-0.1, -0.05) is 12.8 Å². The van der Waals surface area contributed by atoms with E-state index in [-0.39, 0.29) is 5.91 Å². The van der Waals surface area contributed by atoms with Crippen molar-refractivity contribution in [3.63, 3.8) is 0 Å². The molecule has 3 aliphatic heterocycles. The largest absolute Gasteiger partial charge is 0.465 e. The van der Waals surface area contributed by atoms with E-state index < -0.39 is 5.97 Å². The molecule has 266 valence electrons. The molecular formula is C40H49ClN3O6+. The van der Waals surface area contributed by atoms with E-state index in [4.69, 9.17) is 30.2 Å². The van der Waals surface area contributed by atoms with E-state index in [1.807, 2.05) is 0 Å². The Morgan fingerprint density at radius 1 is 0.840 bits per heavy atom. The number of ether oxygens (including phenoxy) is 3. The van der Waals surface area contributed by atoms with Crippen molar-refractivity contribution >= 4 is 40.1 Å². The summed E-state index contributed by atoms with van der Waals surface area (Å²) in [5, 5.41) is 4.94. The predicted molar refractivity (Wildman–Crippen MR) is 198 cm³/mol. The lowest BCUT2D eigenvalue weighted by Gasteiger charge is -2.21. The third kappa shape index (κ3) is 8.68. The minimum atomic E-state index is -0.470. The van der Waals surface area contributed by atoms with Gasteiger partial charge in [0.15, 0.2) is 0 Å². The van der Waals surface area contributed by atoms with Crippen LogP contribution in [0.3, 0.4) is 0 Å². The Bertz CT molecular complexity index is 1810. The van der Waals surface area contributed by atoms with Crippen LogP contribution in [0.2, 0.25) is 0 Å². The van der Waals surface area contributed by atoms with E-state index in [9.17, 15) is 9.59 Å². The van der Waals surface area contributed by atoms with Crippen molar-refractivity contribution < 1.29 is 28.2 Å². The van der Waals surface area contributed by atoms with Gasteiger partial charge in [0.05, 0.1) is 38.6 Å². The highest BCUT2D eigenvalue weighted by Crippen LogP contribution is 2.42. The summed E-state index contributed by atoms with van der Waals surface area (Å²) < 4.78 is 25.6. The van der Waals surface area contributed by atoms with Crippen molar-refractivity contribution in [3.05, 3.63) is 71.1 Å². The number of nitrogens with zero attached hydrogens (tertiary/aromatic N) is 2. The Labute approximate surface area is 299 Å². The molecule has 0 bridgehead atoms.